The van der Waals surface area contributed by atoms with Crippen LogP contribution in [-0.4, -0.2) is 22.6 Å². The second-order valence-electron chi connectivity index (χ2n) is 4.43. The van der Waals surface area contributed by atoms with Crippen LogP contribution in [0, 0.1) is 5.92 Å². The van der Waals surface area contributed by atoms with Crippen molar-refractivity contribution in [3.63, 3.8) is 0 Å². The molecule has 0 aromatic carbocycles. The first kappa shape index (κ1) is 12.6. The molecule has 2 rings (SSSR count). The molecule has 0 amide bonds. The Morgan fingerprint density at radius 3 is 3.00 bits per heavy atom. The SMILES string of the molecule is O=c1[nH]c(=O)n(CCC2CCCNC2)cc1Br. The van der Waals surface area contributed by atoms with Crippen LogP contribution in [0.15, 0.2) is 20.3 Å². The van der Waals surface area contributed by atoms with Gasteiger partial charge in [-0.25, -0.2) is 4.79 Å². The molecule has 1 saturated heterocycles. The van der Waals surface area contributed by atoms with Gasteiger partial charge in [-0.05, 0) is 54.2 Å². The molecular weight excluding hydrogens is 286 g/mol. The van der Waals surface area contributed by atoms with Crippen molar-refractivity contribution in [1.29, 1.82) is 0 Å². The number of rotatable bonds is 3. The maximum absolute atomic E-state index is 11.5. The molecule has 1 unspecified atom stereocenters. The summed E-state index contributed by atoms with van der Waals surface area (Å²) in [5, 5.41) is 3.35. The number of hydrogen-bond donors (Lipinski definition) is 2. The molecule has 1 fully saturated rings. The Morgan fingerprint density at radius 2 is 2.29 bits per heavy atom. The van der Waals surface area contributed by atoms with Crippen LogP contribution in [0.1, 0.15) is 19.3 Å². The Labute approximate surface area is 107 Å². The number of aryl methyl sites for hydroxylation is 1. The number of nitrogens with zero attached hydrogens (tertiary/aromatic N) is 1. The lowest BCUT2D eigenvalue weighted by Crippen LogP contribution is -2.33. The number of piperidine rings is 1. The minimum Gasteiger partial charge on any atom is -0.316 e. The quantitative estimate of drug-likeness (QED) is 0.863. The lowest BCUT2D eigenvalue weighted by molar-refractivity contribution is 0.339. The smallest absolute Gasteiger partial charge is 0.316 e. The van der Waals surface area contributed by atoms with Gasteiger partial charge in [0.2, 0.25) is 0 Å². The number of aromatic amines is 1. The molecule has 1 atom stereocenters. The molecule has 6 heteroatoms. The summed E-state index contributed by atoms with van der Waals surface area (Å²) < 4.78 is 1.96. The van der Waals surface area contributed by atoms with Crippen LogP contribution in [0.3, 0.4) is 0 Å². The van der Waals surface area contributed by atoms with E-state index in [1.54, 1.807) is 10.8 Å². The van der Waals surface area contributed by atoms with E-state index in [1.807, 2.05) is 0 Å². The first-order valence-electron chi connectivity index (χ1n) is 5.87. The Bertz CT molecular complexity index is 488. The largest absolute Gasteiger partial charge is 0.328 e. The van der Waals surface area contributed by atoms with Gasteiger partial charge >= 0.3 is 5.69 Å². The van der Waals surface area contributed by atoms with Gasteiger partial charge < -0.3 is 5.32 Å². The number of nitrogens with one attached hydrogen (secondary N) is 2. The normalized spacial score (nSPS) is 20.4. The highest BCUT2D eigenvalue weighted by Crippen LogP contribution is 2.14. The van der Waals surface area contributed by atoms with Crippen LogP contribution in [0.4, 0.5) is 0 Å². The van der Waals surface area contributed by atoms with Gasteiger partial charge in [0.05, 0.1) is 4.47 Å². The van der Waals surface area contributed by atoms with Crippen LogP contribution >= 0.6 is 15.9 Å². The maximum Gasteiger partial charge on any atom is 0.328 e. The first-order valence-corrected chi connectivity index (χ1v) is 6.66. The van der Waals surface area contributed by atoms with Crippen LogP contribution in [0.5, 0.6) is 0 Å². The Kier molecular flexibility index (Phi) is 4.17. The van der Waals surface area contributed by atoms with E-state index in [0.717, 1.165) is 19.5 Å². The molecule has 0 spiro atoms. The molecule has 94 valence electrons. The number of hydrogen-bond acceptors (Lipinski definition) is 3. The highest BCUT2D eigenvalue weighted by molar-refractivity contribution is 9.10. The van der Waals surface area contributed by atoms with E-state index in [2.05, 4.69) is 26.2 Å². The van der Waals surface area contributed by atoms with Crippen molar-refractivity contribution in [3.8, 4) is 0 Å². The minimum absolute atomic E-state index is 0.332. The fourth-order valence-electron chi connectivity index (χ4n) is 2.14. The van der Waals surface area contributed by atoms with Crippen LogP contribution in [0.2, 0.25) is 0 Å². The van der Waals surface area contributed by atoms with E-state index in [4.69, 9.17) is 0 Å². The molecule has 1 aliphatic rings. The van der Waals surface area contributed by atoms with Crippen molar-refractivity contribution in [2.45, 2.75) is 25.8 Å². The monoisotopic (exact) mass is 301 g/mol. The summed E-state index contributed by atoms with van der Waals surface area (Å²) in [6.45, 7) is 2.78. The zero-order chi connectivity index (χ0) is 12.3. The molecule has 17 heavy (non-hydrogen) atoms. The molecular formula is C11H16BrN3O2. The van der Waals surface area contributed by atoms with E-state index in [0.29, 0.717) is 16.9 Å². The van der Waals surface area contributed by atoms with E-state index in [1.165, 1.54) is 12.8 Å². The second-order valence-corrected chi connectivity index (χ2v) is 5.29. The van der Waals surface area contributed by atoms with Crippen LogP contribution < -0.4 is 16.6 Å². The van der Waals surface area contributed by atoms with Crippen molar-refractivity contribution < 1.29 is 0 Å². The maximum atomic E-state index is 11.5. The van der Waals surface area contributed by atoms with Crippen molar-refractivity contribution in [2.75, 3.05) is 13.1 Å². The third kappa shape index (κ3) is 3.29. The fraction of sp³-hybridized carbons (Fsp3) is 0.636. The lowest BCUT2D eigenvalue weighted by atomic mass is 9.96. The highest BCUT2D eigenvalue weighted by Gasteiger charge is 2.13. The number of H-pyrrole nitrogens is 1. The van der Waals surface area contributed by atoms with Gasteiger partial charge in [-0.3, -0.25) is 14.3 Å². The predicted octanol–water partition coefficient (Wildman–Crippen LogP) is 0.689. The topological polar surface area (TPSA) is 66.9 Å². The molecule has 2 heterocycles. The zero-order valence-electron chi connectivity index (χ0n) is 9.54. The molecule has 2 N–H and O–H groups in total. The Morgan fingerprint density at radius 1 is 1.47 bits per heavy atom. The first-order chi connectivity index (χ1) is 8.16. The summed E-state index contributed by atoms with van der Waals surface area (Å²) in [5.41, 5.74) is -0.701. The predicted molar refractivity (Wildman–Crippen MR) is 69.2 cm³/mol. The van der Waals surface area contributed by atoms with Gasteiger partial charge in [-0.1, -0.05) is 0 Å². The van der Waals surface area contributed by atoms with Crippen molar-refractivity contribution in [3.05, 3.63) is 31.5 Å². The third-order valence-electron chi connectivity index (χ3n) is 3.14. The van der Waals surface area contributed by atoms with E-state index < -0.39 is 0 Å². The molecule has 1 aromatic heterocycles. The fourth-order valence-corrected chi connectivity index (χ4v) is 2.49. The van der Waals surface area contributed by atoms with Crippen molar-refractivity contribution in [2.24, 2.45) is 5.92 Å². The molecule has 0 aliphatic carbocycles. The van der Waals surface area contributed by atoms with E-state index in [-0.39, 0.29) is 11.2 Å². The van der Waals surface area contributed by atoms with Crippen LogP contribution in [-0.2, 0) is 6.54 Å². The summed E-state index contributed by atoms with van der Waals surface area (Å²) in [6.07, 6.45) is 4.95. The summed E-state index contributed by atoms with van der Waals surface area (Å²) in [6, 6.07) is 0. The summed E-state index contributed by atoms with van der Waals surface area (Å²) >= 11 is 3.13. The lowest BCUT2D eigenvalue weighted by Gasteiger charge is -2.22. The molecule has 0 saturated carbocycles. The van der Waals surface area contributed by atoms with Crippen molar-refractivity contribution in [1.82, 2.24) is 14.9 Å². The van der Waals surface area contributed by atoms with E-state index in [9.17, 15) is 9.59 Å². The molecule has 0 radical (unpaired) electrons. The molecule has 5 nitrogen and oxygen atoms in total. The average molecular weight is 302 g/mol. The summed E-state index contributed by atoms with van der Waals surface area (Å²) in [5.74, 6) is 0.626. The van der Waals surface area contributed by atoms with Gasteiger partial charge in [0.1, 0.15) is 0 Å². The van der Waals surface area contributed by atoms with E-state index >= 15 is 0 Å². The van der Waals surface area contributed by atoms with Gasteiger partial charge in [0.15, 0.2) is 0 Å². The zero-order valence-corrected chi connectivity index (χ0v) is 11.1. The van der Waals surface area contributed by atoms with Gasteiger partial charge in [0, 0.05) is 12.7 Å². The van der Waals surface area contributed by atoms with Crippen molar-refractivity contribution >= 4 is 15.9 Å². The minimum atomic E-state index is -0.370. The van der Waals surface area contributed by atoms with Gasteiger partial charge in [-0.15, -0.1) is 0 Å². The number of aromatic nitrogens is 2. The molecule has 0 bridgehead atoms. The summed E-state index contributed by atoms with van der Waals surface area (Å²) in [7, 11) is 0. The third-order valence-corrected chi connectivity index (χ3v) is 3.71. The molecule has 1 aliphatic heterocycles. The second kappa shape index (κ2) is 5.64. The highest BCUT2D eigenvalue weighted by atomic mass is 79.9. The summed E-state index contributed by atoms with van der Waals surface area (Å²) in [4.78, 5) is 25.0. The molecule has 1 aromatic rings. The van der Waals surface area contributed by atoms with Crippen LogP contribution in [0.25, 0.3) is 0 Å². The Hall–Kier alpha value is -0.880. The average Bonchev–Trinajstić information content (AvgIpc) is 2.33. The van der Waals surface area contributed by atoms with Gasteiger partial charge in [-0.2, -0.15) is 0 Å². The Balaban J connectivity index is 2.01. The standard InChI is InChI=1S/C11H16BrN3O2/c12-9-7-15(11(17)14-10(9)16)5-3-8-2-1-4-13-6-8/h7-8,13H,1-6H2,(H,14,16,17). The van der Waals surface area contributed by atoms with Gasteiger partial charge in [0.25, 0.3) is 5.56 Å². The number of halogens is 1.